The maximum absolute atomic E-state index is 4.79. The van der Waals surface area contributed by atoms with Gasteiger partial charge in [0.25, 0.3) is 0 Å². The lowest BCUT2D eigenvalue weighted by molar-refractivity contribution is 0.198. The molecule has 0 atom stereocenters. The van der Waals surface area contributed by atoms with E-state index in [0.29, 0.717) is 5.92 Å². The molecule has 5 heterocycles. The number of likely N-dealkylation sites (tertiary alicyclic amines) is 1. The molecule has 1 saturated heterocycles. The van der Waals surface area contributed by atoms with Crippen molar-refractivity contribution in [2.45, 2.75) is 25.3 Å². The number of rotatable bonds is 4. The largest absolute Gasteiger partial charge is 0.297 e. The summed E-state index contributed by atoms with van der Waals surface area (Å²) in [6.45, 7) is 2.83. The zero-order valence-corrected chi connectivity index (χ0v) is 15.7. The molecule has 9 nitrogen and oxygen atoms in total. The molecule has 4 aromatic rings. The predicted octanol–water partition coefficient (Wildman–Crippen LogP) is 1.69. The van der Waals surface area contributed by atoms with Gasteiger partial charge in [-0.05, 0) is 50.2 Å². The van der Waals surface area contributed by atoms with Gasteiger partial charge in [0.1, 0.15) is 0 Å². The minimum atomic E-state index is 0.352. The van der Waals surface area contributed by atoms with Gasteiger partial charge in [0.2, 0.25) is 0 Å². The van der Waals surface area contributed by atoms with Crippen LogP contribution in [0.15, 0.2) is 42.9 Å². The first-order valence-electron chi connectivity index (χ1n) is 9.46. The van der Waals surface area contributed by atoms with Gasteiger partial charge in [0.05, 0.1) is 17.6 Å². The zero-order valence-electron chi connectivity index (χ0n) is 15.7. The molecule has 1 aliphatic rings. The van der Waals surface area contributed by atoms with Gasteiger partial charge < -0.3 is 0 Å². The number of aryl methyl sites for hydroxylation is 1. The fourth-order valence-corrected chi connectivity index (χ4v) is 3.77. The van der Waals surface area contributed by atoms with Gasteiger partial charge in [0.15, 0.2) is 11.5 Å². The maximum Gasteiger partial charge on any atom is 0.177 e. The monoisotopic (exact) mass is 375 g/mol. The lowest BCUT2D eigenvalue weighted by Crippen LogP contribution is -2.33. The molecule has 0 aliphatic carbocycles. The lowest BCUT2D eigenvalue weighted by atomic mass is 9.96. The number of aromatic nitrogens is 8. The molecule has 0 radical (unpaired) electrons. The summed E-state index contributed by atoms with van der Waals surface area (Å²) < 4.78 is 1.89. The van der Waals surface area contributed by atoms with Crippen molar-refractivity contribution in [1.82, 2.24) is 44.7 Å². The molecule has 9 heteroatoms. The fourth-order valence-electron chi connectivity index (χ4n) is 3.77. The first-order valence-corrected chi connectivity index (χ1v) is 9.46. The summed E-state index contributed by atoms with van der Waals surface area (Å²) in [7, 11) is 1.85. The highest BCUT2D eigenvalue weighted by Crippen LogP contribution is 2.28. The lowest BCUT2D eigenvalue weighted by Gasteiger charge is -2.30. The van der Waals surface area contributed by atoms with E-state index in [4.69, 9.17) is 5.10 Å². The molecule has 0 bridgehead atoms. The van der Waals surface area contributed by atoms with E-state index in [1.807, 2.05) is 48.2 Å². The van der Waals surface area contributed by atoms with Crippen molar-refractivity contribution in [3.63, 3.8) is 0 Å². The van der Waals surface area contributed by atoms with E-state index < -0.39 is 0 Å². The fraction of sp³-hybridized carbons (Fsp3) is 0.368. The van der Waals surface area contributed by atoms with E-state index in [1.54, 1.807) is 11.0 Å². The highest BCUT2D eigenvalue weighted by Gasteiger charge is 2.25. The van der Waals surface area contributed by atoms with Crippen LogP contribution < -0.4 is 0 Å². The van der Waals surface area contributed by atoms with E-state index in [2.05, 4.69) is 30.3 Å². The van der Waals surface area contributed by atoms with Crippen molar-refractivity contribution in [2.24, 2.45) is 7.05 Å². The molecule has 1 aliphatic heterocycles. The molecule has 5 rings (SSSR count). The van der Waals surface area contributed by atoms with E-state index in [-0.39, 0.29) is 0 Å². The number of pyridine rings is 1. The smallest absolute Gasteiger partial charge is 0.177 e. The van der Waals surface area contributed by atoms with Crippen LogP contribution in [-0.2, 0) is 13.6 Å². The summed E-state index contributed by atoms with van der Waals surface area (Å²) in [5.41, 5.74) is 3.66. The van der Waals surface area contributed by atoms with Crippen molar-refractivity contribution in [2.75, 3.05) is 13.1 Å². The Morgan fingerprint density at radius 3 is 2.68 bits per heavy atom. The summed E-state index contributed by atoms with van der Waals surface area (Å²) in [6, 6.07) is 7.86. The Morgan fingerprint density at radius 1 is 1.04 bits per heavy atom. The van der Waals surface area contributed by atoms with Gasteiger partial charge in [-0.15, -0.1) is 10.2 Å². The summed E-state index contributed by atoms with van der Waals surface area (Å²) in [5, 5.41) is 22.1. The second-order valence-electron chi connectivity index (χ2n) is 7.16. The van der Waals surface area contributed by atoms with Crippen molar-refractivity contribution in [3.05, 3.63) is 54.4 Å². The van der Waals surface area contributed by atoms with Crippen LogP contribution in [0.4, 0.5) is 0 Å². The quantitative estimate of drug-likeness (QED) is 0.536. The predicted molar refractivity (Wildman–Crippen MR) is 102 cm³/mol. The highest BCUT2D eigenvalue weighted by atomic mass is 15.5. The molecule has 28 heavy (non-hydrogen) atoms. The molecule has 0 unspecified atom stereocenters. The van der Waals surface area contributed by atoms with E-state index in [1.165, 1.54) is 0 Å². The van der Waals surface area contributed by atoms with E-state index in [9.17, 15) is 0 Å². The molecule has 0 saturated carbocycles. The first-order chi connectivity index (χ1) is 13.8. The standard InChI is InChI=1S/C19H21N9/c1-26-21-12-16(24-26)13-27-9-6-14(7-10-27)19-23-22-18-5-4-17(25-28(18)19)15-3-2-8-20-11-15/h2-5,8,11-12,14H,6-7,9-10,13H2,1H3. The molecule has 142 valence electrons. The van der Waals surface area contributed by atoms with Crippen LogP contribution >= 0.6 is 0 Å². The van der Waals surface area contributed by atoms with Gasteiger partial charge in [-0.1, -0.05) is 0 Å². The van der Waals surface area contributed by atoms with E-state index in [0.717, 1.165) is 60.9 Å². The van der Waals surface area contributed by atoms with Gasteiger partial charge in [-0.3, -0.25) is 9.88 Å². The van der Waals surface area contributed by atoms with Crippen LogP contribution in [0.5, 0.6) is 0 Å². The minimum Gasteiger partial charge on any atom is -0.297 e. The Balaban J connectivity index is 1.34. The van der Waals surface area contributed by atoms with Gasteiger partial charge >= 0.3 is 0 Å². The molecule has 0 amide bonds. The van der Waals surface area contributed by atoms with Crippen LogP contribution in [0.3, 0.4) is 0 Å². The van der Waals surface area contributed by atoms with Gasteiger partial charge in [-0.2, -0.15) is 24.6 Å². The van der Waals surface area contributed by atoms with Gasteiger partial charge in [-0.25, -0.2) is 0 Å². The highest BCUT2D eigenvalue weighted by molar-refractivity contribution is 5.58. The van der Waals surface area contributed by atoms with Crippen molar-refractivity contribution in [1.29, 1.82) is 0 Å². The maximum atomic E-state index is 4.79. The van der Waals surface area contributed by atoms with Crippen LogP contribution in [0, 0.1) is 0 Å². The molecule has 0 aromatic carbocycles. The third-order valence-corrected chi connectivity index (χ3v) is 5.23. The Kier molecular flexibility index (Phi) is 4.28. The number of nitrogens with zero attached hydrogens (tertiary/aromatic N) is 9. The second-order valence-corrected chi connectivity index (χ2v) is 7.16. The van der Waals surface area contributed by atoms with Crippen molar-refractivity contribution >= 4 is 5.65 Å². The Labute approximate surface area is 162 Å². The average Bonchev–Trinajstić information content (AvgIpc) is 3.35. The summed E-state index contributed by atoms with van der Waals surface area (Å²) in [5.74, 6) is 1.30. The first kappa shape index (κ1) is 16.9. The molecule has 1 fully saturated rings. The number of hydrogen-bond donors (Lipinski definition) is 0. The second kappa shape index (κ2) is 7.08. The zero-order chi connectivity index (χ0) is 18.9. The molecule has 0 spiro atoms. The molecular weight excluding hydrogens is 354 g/mol. The average molecular weight is 375 g/mol. The third kappa shape index (κ3) is 3.24. The van der Waals surface area contributed by atoms with Crippen LogP contribution in [0.25, 0.3) is 16.9 Å². The number of hydrogen-bond acceptors (Lipinski definition) is 7. The minimum absolute atomic E-state index is 0.352. The SMILES string of the molecule is Cn1ncc(CN2CCC(c3nnc4ccc(-c5cccnc5)nn34)CC2)n1. The normalized spacial score (nSPS) is 16.0. The molecule has 0 N–H and O–H groups in total. The topological polar surface area (TPSA) is 89.9 Å². The molecule has 4 aromatic heterocycles. The Hall–Kier alpha value is -3.20. The summed E-state index contributed by atoms with van der Waals surface area (Å²) in [4.78, 5) is 8.21. The van der Waals surface area contributed by atoms with Crippen LogP contribution in [0.1, 0.15) is 30.3 Å². The Morgan fingerprint density at radius 2 is 1.93 bits per heavy atom. The van der Waals surface area contributed by atoms with E-state index >= 15 is 0 Å². The van der Waals surface area contributed by atoms with Gasteiger partial charge in [0, 0.05) is 37.5 Å². The van der Waals surface area contributed by atoms with Crippen LogP contribution in [0.2, 0.25) is 0 Å². The summed E-state index contributed by atoms with van der Waals surface area (Å²) >= 11 is 0. The Bertz CT molecular complexity index is 1080. The van der Waals surface area contributed by atoms with Crippen LogP contribution in [-0.4, -0.2) is 57.8 Å². The third-order valence-electron chi connectivity index (χ3n) is 5.23. The molecular formula is C19H21N9. The van der Waals surface area contributed by atoms with Crippen molar-refractivity contribution < 1.29 is 0 Å². The number of fused-ring (bicyclic) bond motifs is 1. The number of piperidine rings is 1. The summed E-state index contributed by atoms with van der Waals surface area (Å²) in [6.07, 6.45) is 7.48. The van der Waals surface area contributed by atoms with Crippen molar-refractivity contribution in [3.8, 4) is 11.3 Å².